The standard InChI is InChI=1S/C13H17ClN2O3S/c1-3-11-16(10(7-20-11)13(18)19)12(17)9-5-8(14)6-15(9)4-2/h5-6,10-11H,3-4,7H2,1-2H3,(H,18,19). The van der Waals surface area contributed by atoms with Crippen molar-refractivity contribution in [1.82, 2.24) is 9.47 Å². The van der Waals surface area contributed by atoms with E-state index in [1.165, 1.54) is 16.7 Å². The van der Waals surface area contributed by atoms with E-state index in [-0.39, 0.29) is 11.3 Å². The number of amides is 1. The van der Waals surface area contributed by atoms with Crippen molar-refractivity contribution in [3.63, 3.8) is 0 Å². The van der Waals surface area contributed by atoms with E-state index in [4.69, 9.17) is 11.6 Å². The van der Waals surface area contributed by atoms with Crippen LogP contribution in [-0.4, -0.2) is 43.6 Å². The fraction of sp³-hybridized carbons (Fsp3) is 0.538. The van der Waals surface area contributed by atoms with E-state index < -0.39 is 12.0 Å². The van der Waals surface area contributed by atoms with Gasteiger partial charge in [-0.1, -0.05) is 18.5 Å². The van der Waals surface area contributed by atoms with E-state index >= 15 is 0 Å². The molecular formula is C13H17ClN2O3S. The molecule has 1 amide bonds. The molecule has 0 bridgehead atoms. The van der Waals surface area contributed by atoms with Crippen molar-refractivity contribution in [3.8, 4) is 0 Å². The van der Waals surface area contributed by atoms with Crippen molar-refractivity contribution < 1.29 is 14.7 Å². The number of carboxylic acid groups (broad SMARTS) is 1. The van der Waals surface area contributed by atoms with E-state index in [0.29, 0.717) is 23.0 Å². The first-order valence-electron chi connectivity index (χ1n) is 6.52. The zero-order valence-electron chi connectivity index (χ0n) is 11.4. The lowest BCUT2D eigenvalue weighted by molar-refractivity contribution is -0.141. The van der Waals surface area contributed by atoms with Crippen LogP contribution in [0.4, 0.5) is 0 Å². The number of aryl methyl sites for hydroxylation is 1. The number of rotatable bonds is 4. The van der Waals surface area contributed by atoms with Crippen LogP contribution in [0.1, 0.15) is 30.8 Å². The average Bonchev–Trinajstić information content (AvgIpc) is 3.00. The number of carboxylic acids is 1. The average molecular weight is 317 g/mol. The van der Waals surface area contributed by atoms with Crippen molar-refractivity contribution in [3.05, 3.63) is 23.0 Å². The zero-order valence-corrected chi connectivity index (χ0v) is 12.9. The number of halogens is 1. The molecule has 0 aromatic carbocycles. The van der Waals surface area contributed by atoms with E-state index in [9.17, 15) is 14.7 Å². The fourth-order valence-electron chi connectivity index (χ4n) is 2.39. The minimum absolute atomic E-state index is 0.0948. The van der Waals surface area contributed by atoms with Crippen molar-refractivity contribution in [1.29, 1.82) is 0 Å². The van der Waals surface area contributed by atoms with Crippen molar-refractivity contribution in [2.45, 2.75) is 38.2 Å². The van der Waals surface area contributed by atoms with Crippen molar-refractivity contribution in [2.75, 3.05) is 5.75 Å². The molecule has 1 aliphatic heterocycles. The van der Waals surface area contributed by atoms with Crippen LogP contribution in [0.25, 0.3) is 0 Å². The first-order valence-corrected chi connectivity index (χ1v) is 7.95. The topological polar surface area (TPSA) is 62.5 Å². The molecule has 2 rings (SSSR count). The van der Waals surface area contributed by atoms with E-state index in [1.54, 1.807) is 16.8 Å². The first-order chi connectivity index (χ1) is 9.49. The minimum Gasteiger partial charge on any atom is -0.480 e. The number of thioether (sulfide) groups is 1. The molecule has 0 aliphatic carbocycles. The van der Waals surface area contributed by atoms with Crippen LogP contribution in [0.2, 0.25) is 5.02 Å². The Morgan fingerprint density at radius 2 is 2.20 bits per heavy atom. The minimum atomic E-state index is -0.956. The second kappa shape index (κ2) is 6.10. The van der Waals surface area contributed by atoms with Crippen LogP contribution in [0, 0.1) is 0 Å². The second-order valence-corrected chi connectivity index (χ2v) is 6.24. The Kier molecular flexibility index (Phi) is 4.65. The lowest BCUT2D eigenvalue weighted by Gasteiger charge is -2.27. The Labute approximate surface area is 126 Å². The van der Waals surface area contributed by atoms with Gasteiger partial charge in [0.1, 0.15) is 11.7 Å². The largest absolute Gasteiger partial charge is 0.480 e. The second-order valence-electron chi connectivity index (χ2n) is 4.59. The maximum absolute atomic E-state index is 12.7. The highest BCUT2D eigenvalue weighted by Crippen LogP contribution is 2.33. The summed E-state index contributed by atoms with van der Waals surface area (Å²) in [5.41, 5.74) is 0.449. The van der Waals surface area contributed by atoms with Gasteiger partial charge in [0, 0.05) is 18.5 Å². The van der Waals surface area contributed by atoms with Gasteiger partial charge in [-0.05, 0) is 19.4 Å². The summed E-state index contributed by atoms with van der Waals surface area (Å²) in [6.45, 7) is 4.48. The summed E-state index contributed by atoms with van der Waals surface area (Å²) in [7, 11) is 0. The highest BCUT2D eigenvalue weighted by molar-refractivity contribution is 8.00. The van der Waals surface area contributed by atoms with Gasteiger partial charge >= 0.3 is 5.97 Å². The molecule has 0 radical (unpaired) electrons. The summed E-state index contributed by atoms with van der Waals surface area (Å²) >= 11 is 7.46. The summed E-state index contributed by atoms with van der Waals surface area (Å²) in [6.07, 6.45) is 2.41. The molecule has 2 unspecified atom stereocenters. The smallest absolute Gasteiger partial charge is 0.327 e. The summed E-state index contributed by atoms with van der Waals surface area (Å²) in [5.74, 6) is -0.786. The van der Waals surface area contributed by atoms with Crippen LogP contribution in [0.5, 0.6) is 0 Å². The molecule has 2 heterocycles. The fourth-order valence-corrected chi connectivity index (χ4v) is 3.96. The number of nitrogens with zero attached hydrogens (tertiary/aromatic N) is 2. The van der Waals surface area contributed by atoms with Gasteiger partial charge in [0.2, 0.25) is 0 Å². The van der Waals surface area contributed by atoms with Gasteiger partial charge in [0.25, 0.3) is 5.91 Å². The van der Waals surface area contributed by atoms with Gasteiger partial charge < -0.3 is 14.6 Å². The van der Waals surface area contributed by atoms with Crippen LogP contribution < -0.4 is 0 Å². The normalized spacial score (nSPS) is 22.2. The molecule has 1 aromatic rings. The molecule has 1 aliphatic rings. The Morgan fingerprint density at radius 3 is 2.75 bits per heavy atom. The molecule has 1 aromatic heterocycles. The van der Waals surface area contributed by atoms with Crippen LogP contribution in [-0.2, 0) is 11.3 Å². The van der Waals surface area contributed by atoms with Gasteiger partial charge in [0.05, 0.1) is 10.4 Å². The summed E-state index contributed by atoms with van der Waals surface area (Å²) in [4.78, 5) is 25.5. The summed E-state index contributed by atoms with van der Waals surface area (Å²) in [5, 5.41) is 9.68. The maximum Gasteiger partial charge on any atom is 0.327 e. The molecule has 1 N–H and O–H groups in total. The molecule has 0 spiro atoms. The first kappa shape index (κ1) is 15.3. The van der Waals surface area contributed by atoms with Gasteiger partial charge in [0.15, 0.2) is 0 Å². The third-order valence-electron chi connectivity index (χ3n) is 3.38. The predicted molar refractivity (Wildman–Crippen MR) is 79.2 cm³/mol. The molecule has 0 saturated carbocycles. The van der Waals surface area contributed by atoms with Gasteiger partial charge in [-0.2, -0.15) is 0 Å². The Bertz CT molecular complexity index is 532. The Balaban J connectivity index is 2.35. The number of hydrogen-bond donors (Lipinski definition) is 1. The van der Waals surface area contributed by atoms with Crippen molar-refractivity contribution in [2.24, 2.45) is 0 Å². The number of carbonyl (C=O) groups excluding carboxylic acids is 1. The lowest BCUT2D eigenvalue weighted by Crippen LogP contribution is -2.46. The Hall–Kier alpha value is -1.14. The Morgan fingerprint density at radius 1 is 1.50 bits per heavy atom. The highest BCUT2D eigenvalue weighted by atomic mass is 35.5. The van der Waals surface area contributed by atoms with E-state index in [1.807, 2.05) is 13.8 Å². The van der Waals surface area contributed by atoms with Crippen LogP contribution in [0.3, 0.4) is 0 Å². The maximum atomic E-state index is 12.7. The summed E-state index contributed by atoms with van der Waals surface area (Å²) < 4.78 is 1.75. The monoisotopic (exact) mass is 316 g/mol. The van der Waals surface area contributed by atoms with Gasteiger partial charge in [-0.3, -0.25) is 4.79 Å². The molecular weight excluding hydrogens is 300 g/mol. The highest BCUT2D eigenvalue weighted by Gasteiger charge is 2.41. The summed E-state index contributed by atoms with van der Waals surface area (Å²) in [6, 6.07) is 0.832. The third-order valence-corrected chi connectivity index (χ3v) is 5.04. The van der Waals surface area contributed by atoms with Crippen LogP contribution >= 0.6 is 23.4 Å². The van der Waals surface area contributed by atoms with Crippen molar-refractivity contribution >= 4 is 35.2 Å². The molecule has 7 heteroatoms. The van der Waals surface area contributed by atoms with E-state index in [0.717, 1.165) is 6.42 Å². The lowest BCUT2D eigenvalue weighted by atomic mass is 10.2. The molecule has 1 saturated heterocycles. The molecule has 20 heavy (non-hydrogen) atoms. The molecule has 2 atom stereocenters. The molecule has 5 nitrogen and oxygen atoms in total. The van der Waals surface area contributed by atoms with Crippen LogP contribution in [0.15, 0.2) is 12.3 Å². The SMILES string of the molecule is CCC1SCC(C(=O)O)N1C(=O)c1cc(Cl)cn1CC. The van der Waals surface area contributed by atoms with E-state index in [2.05, 4.69) is 0 Å². The van der Waals surface area contributed by atoms with Gasteiger partial charge in [-0.15, -0.1) is 11.8 Å². The van der Waals surface area contributed by atoms with Gasteiger partial charge in [-0.25, -0.2) is 4.79 Å². The molecule has 110 valence electrons. The number of aromatic nitrogens is 1. The quantitative estimate of drug-likeness (QED) is 0.927. The third kappa shape index (κ3) is 2.67. The molecule has 1 fully saturated rings. The number of aliphatic carboxylic acids is 1. The zero-order chi connectivity index (χ0) is 14.9. The predicted octanol–water partition coefficient (Wildman–Crippen LogP) is 2.54. The number of hydrogen-bond acceptors (Lipinski definition) is 3. The number of carbonyl (C=O) groups is 2.